The van der Waals surface area contributed by atoms with Crippen molar-refractivity contribution in [3.05, 3.63) is 36.0 Å². The molecular weight excluding hydrogens is 300 g/mol. The molecule has 24 heavy (non-hydrogen) atoms. The van der Waals surface area contributed by atoms with Crippen molar-refractivity contribution >= 4 is 11.4 Å². The van der Waals surface area contributed by atoms with Gasteiger partial charge in [0.2, 0.25) is 5.88 Å². The zero-order valence-corrected chi connectivity index (χ0v) is 14.2. The van der Waals surface area contributed by atoms with Gasteiger partial charge in [-0.3, -0.25) is 0 Å². The van der Waals surface area contributed by atoms with Gasteiger partial charge in [-0.25, -0.2) is 0 Å². The van der Waals surface area contributed by atoms with E-state index in [2.05, 4.69) is 17.1 Å². The minimum absolute atomic E-state index is 0.454. The molecule has 1 aromatic heterocycles. The van der Waals surface area contributed by atoms with Crippen molar-refractivity contribution in [1.82, 2.24) is 10.2 Å². The van der Waals surface area contributed by atoms with E-state index in [9.17, 15) is 0 Å². The van der Waals surface area contributed by atoms with Crippen LogP contribution < -0.4 is 16.2 Å². The third-order valence-electron chi connectivity index (χ3n) is 4.87. The zero-order chi connectivity index (χ0) is 16.9. The van der Waals surface area contributed by atoms with E-state index in [1.54, 1.807) is 18.2 Å². The molecule has 1 aliphatic carbocycles. The van der Waals surface area contributed by atoms with Gasteiger partial charge in [0, 0.05) is 17.7 Å². The van der Waals surface area contributed by atoms with Crippen LogP contribution in [0.3, 0.4) is 0 Å². The average molecular weight is 326 g/mol. The lowest BCUT2D eigenvalue weighted by Crippen LogP contribution is -2.14. The lowest BCUT2D eigenvalue weighted by Gasteiger charge is -2.27. The Morgan fingerprint density at radius 2 is 1.83 bits per heavy atom. The first-order chi connectivity index (χ1) is 11.7. The van der Waals surface area contributed by atoms with Gasteiger partial charge in [-0.15, -0.1) is 5.10 Å². The normalized spacial score (nSPS) is 20.7. The second-order valence-corrected chi connectivity index (χ2v) is 6.70. The minimum Gasteiger partial charge on any atom is -0.435 e. The van der Waals surface area contributed by atoms with Crippen molar-refractivity contribution in [3.8, 4) is 11.6 Å². The van der Waals surface area contributed by atoms with Crippen LogP contribution in [0, 0.1) is 5.92 Å². The van der Waals surface area contributed by atoms with Crippen molar-refractivity contribution in [3.63, 3.8) is 0 Å². The van der Waals surface area contributed by atoms with Crippen LogP contribution in [0.25, 0.3) is 0 Å². The molecule has 0 unspecified atom stereocenters. The number of aromatic nitrogens is 2. The van der Waals surface area contributed by atoms with Crippen LogP contribution in [0.2, 0.25) is 0 Å². The Balaban J connectivity index is 1.61. The Labute approximate surface area is 143 Å². The first-order valence-corrected chi connectivity index (χ1v) is 8.82. The van der Waals surface area contributed by atoms with Crippen LogP contribution >= 0.6 is 0 Å². The molecule has 5 nitrogen and oxygen atoms in total. The molecule has 0 saturated heterocycles. The SMILES string of the molecule is CCCC1CCC(c2ccc(Oc3ccc(N)cc3N)nn2)CC1. The molecule has 0 aliphatic heterocycles. The number of hydrogen-bond acceptors (Lipinski definition) is 5. The van der Waals surface area contributed by atoms with Crippen LogP contribution in [0.1, 0.15) is 57.1 Å². The first kappa shape index (κ1) is 16.6. The third-order valence-corrected chi connectivity index (χ3v) is 4.87. The first-order valence-electron chi connectivity index (χ1n) is 8.82. The lowest BCUT2D eigenvalue weighted by molar-refractivity contribution is 0.304. The van der Waals surface area contributed by atoms with Gasteiger partial charge in [0.1, 0.15) is 0 Å². The molecule has 0 amide bonds. The lowest BCUT2D eigenvalue weighted by atomic mass is 9.79. The number of rotatable bonds is 5. The van der Waals surface area contributed by atoms with Crippen LogP contribution in [0.5, 0.6) is 11.6 Å². The van der Waals surface area contributed by atoms with E-state index in [1.807, 2.05) is 12.1 Å². The van der Waals surface area contributed by atoms with Crippen molar-refractivity contribution in [2.24, 2.45) is 5.92 Å². The summed E-state index contributed by atoms with van der Waals surface area (Å²) in [5.41, 5.74) is 13.8. The van der Waals surface area contributed by atoms with Gasteiger partial charge in [-0.2, -0.15) is 5.10 Å². The van der Waals surface area contributed by atoms with Gasteiger partial charge < -0.3 is 16.2 Å². The van der Waals surface area contributed by atoms with E-state index in [0.29, 0.717) is 28.9 Å². The molecule has 0 radical (unpaired) electrons. The summed E-state index contributed by atoms with van der Waals surface area (Å²) in [6.45, 7) is 2.27. The summed E-state index contributed by atoms with van der Waals surface area (Å²) >= 11 is 0. The number of benzene rings is 1. The van der Waals surface area contributed by atoms with E-state index in [1.165, 1.54) is 38.5 Å². The Kier molecular flexibility index (Phi) is 5.18. The molecule has 1 heterocycles. The van der Waals surface area contributed by atoms with Crippen LogP contribution in [-0.4, -0.2) is 10.2 Å². The van der Waals surface area contributed by atoms with E-state index in [0.717, 1.165) is 11.6 Å². The van der Waals surface area contributed by atoms with Crippen molar-refractivity contribution < 1.29 is 4.74 Å². The predicted octanol–water partition coefficient (Wildman–Crippen LogP) is 4.51. The monoisotopic (exact) mass is 326 g/mol. The van der Waals surface area contributed by atoms with Gasteiger partial charge in [0.05, 0.1) is 11.4 Å². The highest BCUT2D eigenvalue weighted by Gasteiger charge is 2.23. The predicted molar refractivity (Wildman–Crippen MR) is 97.0 cm³/mol. The van der Waals surface area contributed by atoms with Gasteiger partial charge in [-0.1, -0.05) is 19.8 Å². The highest BCUT2D eigenvalue weighted by molar-refractivity contribution is 5.61. The highest BCUT2D eigenvalue weighted by atomic mass is 16.5. The fourth-order valence-electron chi connectivity index (χ4n) is 3.53. The minimum atomic E-state index is 0.454. The summed E-state index contributed by atoms with van der Waals surface area (Å²) in [6.07, 6.45) is 7.68. The van der Waals surface area contributed by atoms with E-state index in [-0.39, 0.29) is 0 Å². The van der Waals surface area contributed by atoms with Crippen molar-refractivity contribution in [1.29, 1.82) is 0 Å². The largest absolute Gasteiger partial charge is 0.435 e. The van der Waals surface area contributed by atoms with Gasteiger partial charge in [-0.05, 0) is 55.9 Å². The molecule has 1 aliphatic rings. The molecule has 0 spiro atoms. The highest BCUT2D eigenvalue weighted by Crippen LogP contribution is 2.37. The molecule has 0 atom stereocenters. The fraction of sp³-hybridized carbons (Fsp3) is 0.474. The number of hydrogen-bond donors (Lipinski definition) is 2. The van der Waals surface area contributed by atoms with Crippen LogP contribution in [0.15, 0.2) is 30.3 Å². The maximum atomic E-state index is 5.90. The molecule has 2 aromatic rings. The average Bonchev–Trinajstić information content (AvgIpc) is 2.59. The second-order valence-electron chi connectivity index (χ2n) is 6.70. The summed E-state index contributed by atoms with van der Waals surface area (Å²) in [4.78, 5) is 0. The molecule has 1 fully saturated rings. The molecule has 1 aromatic carbocycles. The Hall–Kier alpha value is -2.30. The summed E-state index contributed by atoms with van der Waals surface area (Å²) in [7, 11) is 0. The standard InChI is InChI=1S/C19H26N4O/c1-2-3-13-4-6-14(7-5-13)17-9-11-19(23-22-17)24-18-10-8-15(20)12-16(18)21/h8-14H,2-7,20-21H2,1H3. The number of anilines is 2. The maximum Gasteiger partial charge on any atom is 0.238 e. The third kappa shape index (κ3) is 3.96. The second kappa shape index (κ2) is 7.51. The molecule has 3 rings (SSSR count). The van der Waals surface area contributed by atoms with E-state index >= 15 is 0 Å². The quantitative estimate of drug-likeness (QED) is 0.789. The number of nitrogen functional groups attached to an aromatic ring is 2. The Bertz CT molecular complexity index is 664. The Morgan fingerprint density at radius 3 is 2.46 bits per heavy atom. The molecule has 1 saturated carbocycles. The summed E-state index contributed by atoms with van der Waals surface area (Å²) in [5.74, 6) is 2.43. The number of ether oxygens (including phenoxy) is 1. The van der Waals surface area contributed by atoms with Crippen molar-refractivity contribution in [2.45, 2.75) is 51.4 Å². The zero-order valence-electron chi connectivity index (χ0n) is 14.2. The summed E-state index contributed by atoms with van der Waals surface area (Å²) in [6, 6.07) is 9.07. The van der Waals surface area contributed by atoms with E-state index in [4.69, 9.17) is 16.2 Å². The number of nitrogens with zero attached hydrogens (tertiary/aromatic N) is 2. The van der Waals surface area contributed by atoms with E-state index < -0.39 is 0 Å². The van der Waals surface area contributed by atoms with Gasteiger partial charge in [0.15, 0.2) is 5.75 Å². The number of nitrogens with two attached hydrogens (primary N) is 2. The van der Waals surface area contributed by atoms with Crippen molar-refractivity contribution in [2.75, 3.05) is 11.5 Å². The van der Waals surface area contributed by atoms with Gasteiger partial charge in [0.25, 0.3) is 0 Å². The maximum absolute atomic E-state index is 5.90. The fourth-order valence-corrected chi connectivity index (χ4v) is 3.53. The molecular formula is C19H26N4O. The smallest absolute Gasteiger partial charge is 0.238 e. The molecule has 128 valence electrons. The van der Waals surface area contributed by atoms with Gasteiger partial charge >= 0.3 is 0 Å². The molecule has 5 heteroatoms. The Morgan fingerprint density at radius 1 is 1.04 bits per heavy atom. The van der Waals surface area contributed by atoms with Crippen LogP contribution in [0.4, 0.5) is 11.4 Å². The van der Waals surface area contributed by atoms with Crippen LogP contribution in [-0.2, 0) is 0 Å². The summed E-state index contributed by atoms with van der Waals surface area (Å²) < 4.78 is 5.70. The topological polar surface area (TPSA) is 87.0 Å². The summed E-state index contributed by atoms with van der Waals surface area (Å²) in [5, 5.41) is 8.59. The molecule has 4 N–H and O–H groups in total. The molecule has 0 bridgehead atoms.